The highest BCUT2D eigenvalue weighted by atomic mass is 32.1. The number of hydrogen-bond donors (Lipinski definition) is 1. The van der Waals surface area contributed by atoms with Gasteiger partial charge < -0.3 is 5.32 Å². The van der Waals surface area contributed by atoms with E-state index in [2.05, 4.69) is 17.2 Å². The van der Waals surface area contributed by atoms with Gasteiger partial charge in [0, 0.05) is 24.0 Å². The Labute approximate surface area is 176 Å². The third-order valence-electron chi connectivity index (χ3n) is 5.69. The molecular weight excluding hydrogens is 411 g/mol. The first kappa shape index (κ1) is 21.1. The van der Waals surface area contributed by atoms with E-state index in [-0.39, 0.29) is 23.7 Å². The molecule has 160 valence electrons. The van der Waals surface area contributed by atoms with Gasteiger partial charge in [0.15, 0.2) is 0 Å². The zero-order chi connectivity index (χ0) is 21.3. The normalized spacial score (nSPS) is 16.7. The first-order valence-electron chi connectivity index (χ1n) is 10.3. The van der Waals surface area contributed by atoms with Gasteiger partial charge >= 0.3 is 6.18 Å². The topological polar surface area (TPSA) is 46.9 Å². The number of aromatic nitrogens is 2. The fourth-order valence-corrected chi connectivity index (χ4v) is 5.33. The molecule has 4 rings (SSSR count). The molecule has 1 unspecified atom stereocenters. The van der Waals surface area contributed by atoms with Crippen molar-refractivity contribution < 1.29 is 13.2 Å². The predicted octanol–water partition coefficient (Wildman–Crippen LogP) is 4.92. The van der Waals surface area contributed by atoms with Crippen LogP contribution in [0.1, 0.15) is 47.8 Å². The number of benzene rings is 1. The quantitative estimate of drug-likeness (QED) is 0.598. The number of thiophene rings is 1. The number of nitrogens with one attached hydrogen (secondary N) is 1. The molecule has 0 saturated heterocycles. The van der Waals surface area contributed by atoms with E-state index in [1.165, 1.54) is 23.5 Å². The first-order valence-corrected chi connectivity index (χ1v) is 11.1. The Kier molecular flexibility index (Phi) is 5.97. The van der Waals surface area contributed by atoms with Crippen molar-refractivity contribution >= 4 is 21.6 Å². The molecule has 0 saturated carbocycles. The van der Waals surface area contributed by atoms with Gasteiger partial charge in [-0.05, 0) is 42.9 Å². The van der Waals surface area contributed by atoms with Crippen molar-refractivity contribution in [3.05, 3.63) is 62.5 Å². The lowest BCUT2D eigenvalue weighted by Crippen LogP contribution is -2.34. The second-order valence-electron chi connectivity index (χ2n) is 7.76. The molecule has 1 aromatic carbocycles. The van der Waals surface area contributed by atoms with Crippen LogP contribution in [0.4, 0.5) is 13.2 Å². The van der Waals surface area contributed by atoms with Gasteiger partial charge in [0.2, 0.25) is 0 Å². The number of halogens is 3. The number of alkyl halides is 3. The molecule has 0 aliphatic heterocycles. The summed E-state index contributed by atoms with van der Waals surface area (Å²) in [7, 11) is 0. The third kappa shape index (κ3) is 4.16. The van der Waals surface area contributed by atoms with E-state index in [9.17, 15) is 18.0 Å². The van der Waals surface area contributed by atoms with E-state index >= 15 is 0 Å². The van der Waals surface area contributed by atoms with Crippen molar-refractivity contribution in [1.82, 2.24) is 14.9 Å². The van der Waals surface area contributed by atoms with Crippen LogP contribution < -0.4 is 10.9 Å². The van der Waals surface area contributed by atoms with Crippen LogP contribution in [0.25, 0.3) is 10.2 Å². The van der Waals surface area contributed by atoms with E-state index in [1.807, 2.05) is 0 Å². The Morgan fingerprint density at radius 3 is 2.87 bits per heavy atom. The van der Waals surface area contributed by atoms with Gasteiger partial charge in [-0.3, -0.25) is 9.36 Å². The Morgan fingerprint density at radius 2 is 2.10 bits per heavy atom. The van der Waals surface area contributed by atoms with Gasteiger partial charge in [0.05, 0.1) is 17.3 Å². The monoisotopic (exact) mass is 435 g/mol. The summed E-state index contributed by atoms with van der Waals surface area (Å²) in [6.07, 6.45) is 1.46. The summed E-state index contributed by atoms with van der Waals surface area (Å²) in [5, 5.41) is 4.02. The van der Waals surface area contributed by atoms with Crippen LogP contribution in [0, 0.1) is 0 Å². The minimum atomic E-state index is -4.35. The molecule has 1 aliphatic rings. The van der Waals surface area contributed by atoms with Gasteiger partial charge in [0.1, 0.15) is 4.83 Å². The van der Waals surface area contributed by atoms with E-state index in [0.29, 0.717) is 13.0 Å². The molecule has 1 atom stereocenters. The van der Waals surface area contributed by atoms with Crippen LogP contribution in [0.3, 0.4) is 0 Å². The number of rotatable bonds is 6. The zero-order valence-corrected chi connectivity index (χ0v) is 17.6. The second kappa shape index (κ2) is 8.51. The van der Waals surface area contributed by atoms with Crippen LogP contribution in [0.5, 0.6) is 0 Å². The van der Waals surface area contributed by atoms with Crippen molar-refractivity contribution in [2.45, 2.75) is 64.3 Å². The molecule has 1 aliphatic carbocycles. The Morgan fingerprint density at radius 1 is 1.30 bits per heavy atom. The van der Waals surface area contributed by atoms with Crippen molar-refractivity contribution in [3.63, 3.8) is 0 Å². The van der Waals surface area contributed by atoms with Gasteiger partial charge in [-0.25, -0.2) is 4.98 Å². The molecular formula is C22H24F3N3OS. The molecule has 0 fully saturated rings. The third-order valence-corrected chi connectivity index (χ3v) is 6.85. The van der Waals surface area contributed by atoms with Crippen LogP contribution >= 0.6 is 11.3 Å². The van der Waals surface area contributed by atoms with Crippen LogP contribution in [0.2, 0.25) is 0 Å². The van der Waals surface area contributed by atoms with E-state index in [0.717, 1.165) is 52.4 Å². The maximum Gasteiger partial charge on any atom is 0.416 e. The van der Waals surface area contributed by atoms with Crippen molar-refractivity contribution in [2.24, 2.45) is 0 Å². The number of aryl methyl sites for hydroxylation is 2. The molecule has 2 heterocycles. The van der Waals surface area contributed by atoms with Gasteiger partial charge in [0.25, 0.3) is 5.56 Å². The predicted molar refractivity (Wildman–Crippen MR) is 113 cm³/mol. The summed E-state index contributed by atoms with van der Waals surface area (Å²) in [4.78, 5) is 19.3. The number of hydrogen-bond acceptors (Lipinski definition) is 4. The average molecular weight is 436 g/mol. The number of fused-ring (bicyclic) bond motifs is 3. The molecule has 0 amide bonds. The molecule has 0 spiro atoms. The van der Waals surface area contributed by atoms with Gasteiger partial charge in [-0.1, -0.05) is 31.5 Å². The van der Waals surface area contributed by atoms with Gasteiger partial charge in [-0.15, -0.1) is 11.3 Å². The van der Waals surface area contributed by atoms with E-state index < -0.39 is 11.7 Å². The average Bonchev–Trinajstić information content (AvgIpc) is 3.10. The summed E-state index contributed by atoms with van der Waals surface area (Å²) in [6, 6.07) is 5.77. The lowest BCUT2D eigenvalue weighted by molar-refractivity contribution is -0.138. The largest absolute Gasteiger partial charge is 0.416 e. The molecule has 4 nitrogen and oxygen atoms in total. The van der Waals surface area contributed by atoms with E-state index in [4.69, 9.17) is 0 Å². The molecule has 30 heavy (non-hydrogen) atoms. The molecule has 0 radical (unpaired) electrons. The molecule has 0 bridgehead atoms. The van der Waals surface area contributed by atoms with Crippen LogP contribution in [-0.2, 0) is 32.1 Å². The highest BCUT2D eigenvalue weighted by Crippen LogP contribution is 2.35. The van der Waals surface area contributed by atoms with Crippen molar-refractivity contribution in [2.75, 3.05) is 0 Å². The standard InChI is InChI=1S/C22H24F3N3OS/c1-2-3-10-28-13-27-20-19(21(28)29)16-9-8-15(11-18(16)30-20)26-12-14-6-4-5-7-17(14)22(23,24)25/h4-7,13,15,26H,2-3,8-12H2,1H3. The molecule has 3 aromatic rings. The van der Waals surface area contributed by atoms with Crippen molar-refractivity contribution in [3.8, 4) is 0 Å². The summed E-state index contributed by atoms with van der Waals surface area (Å²) >= 11 is 1.53. The second-order valence-corrected chi connectivity index (χ2v) is 8.84. The number of unbranched alkanes of at least 4 members (excludes halogenated alkanes) is 1. The Bertz CT molecular complexity index is 1100. The minimum absolute atomic E-state index is 0.0245. The fraction of sp³-hybridized carbons (Fsp3) is 0.455. The summed E-state index contributed by atoms with van der Waals surface area (Å²) in [6.45, 7) is 2.93. The lowest BCUT2D eigenvalue weighted by atomic mass is 9.92. The van der Waals surface area contributed by atoms with Crippen molar-refractivity contribution in [1.29, 1.82) is 0 Å². The maximum absolute atomic E-state index is 13.2. The maximum atomic E-state index is 13.2. The highest BCUT2D eigenvalue weighted by molar-refractivity contribution is 7.18. The lowest BCUT2D eigenvalue weighted by Gasteiger charge is -2.24. The SMILES string of the molecule is CCCCn1cnc2sc3c(c2c1=O)CCC(NCc1ccccc1C(F)(F)F)C3. The molecule has 8 heteroatoms. The smallest absolute Gasteiger partial charge is 0.310 e. The van der Waals surface area contributed by atoms with Crippen LogP contribution in [-0.4, -0.2) is 15.6 Å². The molecule has 2 aromatic heterocycles. The minimum Gasteiger partial charge on any atom is -0.310 e. The van der Waals surface area contributed by atoms with Crippen LogP contribution in [0.15, 0.2) is 35.4 Å². The fourth-order valence-electron chi connectivity index (χ4n) is 4.07. The first-order chi connectivity index (χ1) is 14.4. The Hall–Kier alpha value is -2.19. The summed E-state index contributed by atoms with van der Waals surface area (Å²) < 4.78 is 41.3. The van der Waals surface area contributed by atoms with E-state index in [1.54, 1.807) is 17.0 Å². The number of nitrogens with zero attached hydrogens (tertiary/aromatic N) is 2. The highest BCUT2D eigenvalue weighted by Gasteiger charge is 2.33. The Balaban J connectivity index is 1.52. The summed E-state index contributed by atoms with van der Waals surface area (Å²) in [5.41, 5.74) is 0.767. The molecule has 1 N–H and O–H groups in total. The van der Waals surface area contributed by atoms with Gasteiger partial charge in [-0.2, -0.15) is 13.2 Å². The zero-order valence-electron chi connectivity index (χ0n) is 16.8. The summed E-state index contributed by atoms with van der Waals surface area (Å²) in [5.74, 6) is 0.